The van der Waals surface area contributed by atoms with Gasteiger partial charge in [0.15, 0.2) is 0 Å². The topological polar surface area (TPSA) is 55.1 Å². The van der Waals surface area contributed by atoms with Gasteiger partial charge in [-0.3, -0.25) is 4.79 Å². The summed E-state index contributed by atoms with van der Waals surface area (Å²) in [6.07, 6.45) is 0.333. The van der Waals surface area contributed by atoms with Gasteiger partial charge < -0.3 is 11.1 Å². The average molecular weight is 333 g/mol. The molecule has 0 heterocycles. The number of rotatable bonds is 4. The standard InChI is InChI=1S/C16H17BrN2O/c1-11-6-7-14(17)9-15(11)19-16(20)8-12-4-2-3-5-13(12)10-18/h2-7,9H,8,10,18H2,1H3,(H,19,20). The first-order valence-electron chi connectivity index (χ1n) is 6.43. The van der Waals surface area contributed by atoms with Crippen molar-refractivity contribution < 1.29 is 4.79 Å². The molecule has 0 saturated carbocycles. The highest BCUT2D eigenvalue weighted by Crippen LogP contribution is 2.21. The normalized spacial score (nSPS) is 10.3. The summed E-state index contributed by atoms with van der Waals surface area (Å²) in [5.41, 5.74) is 9.53. The van der Waals surface area contributed by atoms with Crippen LogP contribution >= 0.6 is 15.9 Å². The molecule has 0 aromatic heterocycles. The average Bonchev–Trinajstić information content (AvgIpc) is 2.43. The molecule has 0 saturated heterocycles. The van der Waals surface area contributed by atoms with E-state index in [1.54, 1.807) is 0 Å². The van der Waals surface area contributed by atoms with E-state index in [9.17, 15) is 4.79 Å². The molecule has 2 aromatic rings. The number of nitrogens with two attached hydrogens (primary N) is 1. The lowest BCUT2D eigenvalue weighted by Crippen LogP contribution is -2.16. The molecule has 104 valence electrons. The minimum Gasteiger partial charge on any atom is -0.326 e. The van der Waals surface area contributed by atoms with Gasteiger partial charge in [0.25, 0.3) is 0 Å². The maximum atomic E-state index is 12.1. The third-order valence-corrected chi connectivity index (χ3v) is 3.66. The number of carbonyl (C=O) groups excluding carboxylic acids is 1. The summed E-state index contributed by atoms with van der Waals surface area (Å²) in [6.45, 7) is 2.41. The fraction of sp³-hybridized carbons (Fsp3) is 0.188. The van der Waals surface area contributed by atoms with Gasteiger partial charge in [0, 0.05) is 16.7 Å². The van der Waals surface area contributed by atoms with Crippen LogP contribution in [0.5, 0.6) is 0 Å². The van der Waals surface area contributed by atoms with Crippen molar-refractivity contribution in [2.75, 3.05) is 5.32 Å². The highest BCUT2D eigenvalue weighted by Gasteiger charge is 2.09. The van der Waals surface area contributed by atoms with Crippen molar-refractivity contribution >= 4 is 27.5 Å². The van der Waals surface area contributed by atoms with E-state index in [2.05, 4.69) is 21.2 Å². The SMILES string of the molecule is Cc1ccc(Br)cc1NC(=O)Cc1ccccc1CN. The number of carbonyl (C=O) groups is 1. The van der Waals surface area contributed by atoms with Gasteiger partial charge in [-0.05, 0) is 35.7 Å². The highest BCUT2D eigenvalue weighted by atomic mass is 79.9. The van der Waals surface area contributed by atoms with Crippen LogP contribution in [0.3, 0.4) is 0 Å². The maximum Gasteiger partial charge on any atom is 0.228 e. The molecule has 0 radical (unpaired) electrons. The Morgan fingerprint density at radius 3 is 2.60 bits per heavy atom. The van der Waals surface area contributed by atoms with E-state index in [1.807, 2.05) is 49.4 Å². The summed E-state index contributed by atoms with van der Waals surface area (Å²) in [7, 11) is 0. The van der Waals surface area contributed by atoms with E-state index in [1.165, 1.54) is 0 Å². The van der Waals surface area contributed by atoms with Crippen LogP contribution in [-0.2, 0) is 17.8 Å². The first-order valence-corrected chi connectivity index (χ1v) is 7.22. The highest BCUT2D eigenvalue weighted by molar-refractivity contribution is 9.10. The number of hydrogen-bond donors (Lipinski definition) is 2. The van der Waals surface area contributed by atoms with Gasteiger partial charge in [-0.1, -0.05) is 46.3 Å². The predicted molar refractivity (Wildman–Crippen MR) is 85.5 cm³/mol. The van der Waals surface area contributed by atoms with Gasteiger partial charge >= 0.3 is 0 Å². The predicted octanol–water partition coefficient (Wildman–Crippen LogP) is 3.40. The number of nitrogens with one attached hydrogen (secondary N) is 1. The second-order valence-electron chi connectivity index (χ2n) is 4.66. The zero-order chi connectivity index (χ0) is 14.5. The first kappa shape index (κ1) is 14.8. The Kier molecular flexibility index (Phi) is 4.93. The second kappa shape index (κ2) is 6.68. The molecule has 2 aromatic carbocycles. The van der Waals surface area contributed by atoms with Crippen LogP contribution in [0.2, 0.25) is 0 Å². The molecule has 0 atom stereocenters. The largest absolute Gasteiger partial charge is 0.326 e. The third-order valence-electron chi connectivity index (χ3n) is 3.16. The molecule has 0 aliphatic heterocycles. The van der Waals surface area contributed by atoms with Crippen molar-refractivity contribution in [2.24, 2.45) is 5.73 Å². The number of hydrogen-bond acceptors (Lipinski definition) is 2. The van der Waals surface area contributed by atoms with Crippen LogP contribution in [0, 0.1) is 6.92 Å². The molecule has 0 aliphatic rings. The number of anilines is 1. The fourth-order valence-electron chi connectivity index (χ4n) is 2.03. The lowest BCUT2D eigenvalue weighted by atomic mass is 10.0. The first-order chi connectivity index (χ1) is 9.60. The summed E-state index contributed by atoms with van der Waals surface area (Å²) in [4.78, 5) is 12.1. The summed E-state index contributed by atoms with van der Waals surface area (Å²) in [6, 6.07) is 13.6. The van der Waals surface area contributed by atoms with Crippen LogP contribution in [0.1, 0.15) is 16.7 Å². The van der Waals surface area contributed by atoms with Crippen LogP contribution in [0.15, 0.2) is 46.9 Å². The monoisotopic (exact) mass is 332 g/mol. The molecule has 3 N–H and O–H groups in total. The van der Waals surface area contributed by atoms with Gasteiger partial charge in [-0.2, -0.15) is 0 Å². The number of halogens is 1. The summed E-state index contributed by atoms with van der Waals surface area (Å²) in [5, 5.41) is 2.94. The van der Waals surface area contributed by atoms with Crippen molar-refractivity contribution in [3.63, 3.8) is 0 Å². The summed E-state index contributed by atoms with van der Waals surface area (Å²) >= 11 is 3.41. The zero-order valence-electron chi connectivity index (χ0n) is 11.3. The van der Waals surface area contributed by atoms with Crippen LogP contribution in [-0.4, -0.2) is 5.91 Å². The van der Waals surface area contributed by atoms with E-state index in [0.717, 1.165) is 26.9 Å². The second-order valence-corrected chi connectivity index (χ2v) is 5.57. The minimum atomic E-state index is -0.0351. The Balaban J connectivity index is 2.11. The zero-order valence-corrected chi connectivity index (χ0v) is 12.9. The summed E-state index contributed by atoms with van der Waals surface area (Å²) < 4.78 is 0.945. The van der Waals surface area contributed by atoms with Gasteiger partial charge in [-0.25, -0.2) is 0 Å². The van der Waals surface area contributed by atoms with Gasteiger partial charge in [0.2, 0.25) is 5.91 Å². The number of benzene rings is 2. The molecule has 2 rings (SSSR count). The third kappa shape index (κ3) is 3.68. The molecule has 0 bridgehead atoms. The van der Waals surface area contributed by atoms with E-state index < -0.39 is 0 Å². The van der Waals surface area contributed by atoms with Gasteiger partial charge in [-0.15, -0.1) is 0 Å². The van der Waals surface area contributed by atoms with Crippen LogP contribution in [0.25, 0.3) is 0 Å². The maximum absolute atomic E-state index is 12.1. The Bertz CT molecular complexity index is 626. The van der Waals surface area contributed by atoms with E-state index in [-0.39, 0.29) is 5.91 Å². The fourth-order valence-corrected chi connectivity index (χ4v) is 2.39. The molecule has 0 aliphatic carbocycles. The van der Waals surface area contributed by atoms with Crippen LogP contribution < -0.4 is 11.1 Å². The van der Waals surface area contributed by atoms with Gasteiger partial charge in [0.05, 0.1) is 6.42 Å². The van der Waals surface area contributed by atoms with Crippen molar-refractivity contribution in [1.29, 1.82) is 0 Å². The Labute approximate surface area is 127 Å². The van der Waals surface area contributed by atoms with E-state index in [0.29, 0.717) is 13.0 Å². The van der Waals surface area contributed by atoms with Crippen molar-refractivity contribution in [3.05, 3.63) is 63.6 Å². The quantitative estimate of drug-likeness (QED) is 0.901. The number of aryl methyl sites for hydroxylation is 1. The molecule has 3 nitrogen and oxygen atoms in total. The Morgan fingerprint density at radius 1 is 1.20 bits per heavy atom. The van der Waals surface area contributed by atoms with E-state index >= 15 is 0 Å². The molecule has 0 unspecified atom stereocenters. The molecular formula is C16H17BrN2O. The number of amides is 1. The molecule has 20 heavy (non-hydrogen) atoms. The molecule has 4 heteroatoms. The molecule has 0 spiro atoms. The minimum absolute atomic E-state index is 0.0351. The summed E-state index contributed by atoms with van der Waals surface area (Å²) in [5.74, 6) is -0.0351. The van der Waals surface area contributed by atoms with Crippen molar-refractivity contribution in [1.82, 2.24) is 0 Å². The van der Waals surface area contributed by atoms with Crippen molar-refractivity contribution in [3.8, 4) is 0 Å². The lowest BCUT2D eigenvalue weighted by molar-refractivity contribution is -0.115. The molecule has 0 fully saturated rings. The lowest BCUT2D eigenvalue weighted by Gasteiger charge is -2.10. The van der Waals surface area contributed by atoms with Gasteiger partial charge in [0.1, 0.15) is 0 Å². The van der Waals surface area contributed by atoms with Crippen LogP contribution in [0.4, 0.5) is 5.69 Å². The Hall–Kier alpha value is -1.65. The molecule has 1 amide bonds. The van der Waals surface area contributed by atoms with E-state index in [4.69, 9.17) is 5.73 Å². The molecular weight excluding hydrogens is 316 g/mol. The smallest absolute Gasteiger partial charge is 0.228 e. The Morgan fingerprint density at radius 2 is 1.90 bits per heavy atom. The van der Waals surface area contributed by atoms with Crippen molar-refractivity contribution in [2.45, 2.75) is 19.9 Å².